The second-order valence-corrected chi connectivity index (χ2v) is 6.33. The number of hydrogen-bond donors (Lipinski definition) is 1. The molecule has 2 aromatic rings. The number of hydrogen-bond acceptors (Lipinski definition) is 5. The Morgan fingerprint density at radius 2 is 2.12 bits per heavy atom. The Labute approximate surface area is 146 Å². The van der Waals surface area contributed by atoms with Crippen LogP contribution in [0.15, 0.2) is 35.6 Å². The van der Waals surface area contributed by atoms with E-state index in [1.54, 1.807) is 24.9 Å². The molecule has 1 aromatic carbocycles. The molecule has 7 nitrogen and oxygen atoms in total. The standard InChI is InChI=1S/C18H22N4O3/c1-12-14(11-20-22(12)3)10-19-17(23)18(2)9-16(21-25-18)13-5-7-15(24-4)8-6-13/h5-8,11H,9-10H2,1-4H3,(H,19,23)/t18-/m1/s1. The fourth-order valence-corrected chi connectivity index (χ4v) is 2.68. The number of methoxy groups -OCH3 is 1. The van der Waals surface area contributed by atoms with Crippen LogP contribution in [0.2, 0.25) is 0 Å². The van der Waals surface area contributed by atoms with E-state index >= 15 is 0 Å². The lowest BCUT2D eigenvalue weighted by molar-refractivity contribution is -0.141. The number of carbonyl (C=O) groups excluding carboxylic acids is 1. The van der Waals surface area contributed by atoms with E-state index in [1.807, 2.05) is 38.2 Å². The summed E-state index contributed by atoms with van der Waals surface area (Å²) in [4.78, 5) is 18.1. The summed E-state index contributed by atoms with van der Waals surface area (Å²) in [6.07, 6.45) is 2.17. The summed E-state index contributed by atoms with van der Waals surface area (Å²) in [7, 11) is 3.49. The Balaban J connectivity index is 1.63. The van der Waals surface area contributed by atoms with Crippen LogP contribution in [-0.2, 0) is 23.2 Å². The van der Waals surface area contributed by atoms with Crippen LogP contribution >= 0.6 is 0 Å². The van der Waals surface area contributed by atoms with E-state index in [9.17, 15) is 4.79 Å². The van der Waals surface area contributed by atoms with Crippen molar-refractivity contribution in [3.05, 3.63) is 47.3 Å². The Morgan fingerprint density at radius 3 is 2.72 bits per heavy atom. The first-order chi connectivity index (χ1) is 11.9. The second-order valence-electron chi connectivity index (χ2n) is 6.33. The summed E-state index contributed by atoms with van der Waals surface area (Å²) in [5, 5.41) is 11.2. The van der Waals surface area contributed by atoms with Gasteiger partial charge in [-0.2, -0.15) is 5.10 Å². The highest BCUT2D eigenvalue weighted by atomic mass is 16.7. The summed E-state index contributed by atoms with van der Waals surface area (Å²) in [6.45, 7) is 4.13. The lowest BCUT2D eigenvalue weighted by atomic mass is 9.95. The van der Waals surface area contributed by atoms with Gasteiger partial charge in [-0.1, -0.05) is 5.16 Å². The molecule has 1 atom stereocenters. The van der Waals surface area contributed by atoms with E-state index in [4.69, 9.17) is 9.57 Å². The minimum Gasteiger partial charge on any atom is -0.497 e. The predicted molar refractivity (Wildman–Crippen MR) is 93.4 cm³/mol. The van der Waals surface area contributed by atoms with Crippen LogP contribution in [0.3, 0.4) is 0 Å². The quantitative estimate of drug-likeness (QED) is 0.901. The minimum absolute atomic E-state index is 0.192. The zero-order valence-electron chi connectivity index (χ0n) is 14.9. The second kappa shape index (κ2) is 6.58. The van der Waals surface area contributed by atoms with Crippen molar-refractivity contribution < 1.29 is 14.4 Å². The number of carbonyl (C=O) groups is 1. The van der Waals surface area contributed by atoms with Crippen LogP contribution in [0.1, 0.15) is 30.2 Å². The number of aryl methyl sites for hydroxylation is 1. The number of nitrogens with zero attached hydrogens (tertiary/aromatic N) is 3. The number of nitrogens with one attached hydrogen (secondary N) is 1. The molecule has 1 N–H and O–H groups in total. The van der Waals surface area contributed by atoms with Crippen LogP contribution in [0.4, 0.5) is 0 Å². The van der Waals surface area contributed by atoms with Gasteiger partial charge in [-0.05, 0) is 43.7 Å². The van der Waals surface area contributed by atoms with E-state index in [-0.39, 0.29) is 5.91 Å². The monoisotopic (exact) mass is 342 g/mol. The number of ether oxygens (including phenoxy) is 1. The molecule has 1 aromatic heterocycles. The zero-order chi connectivity index (χ0) is 18.0. The van der Waals surface area contributed by atoms with Crippen molar-refractivity contribution in [3.63, 3.8) is 0 Å². The van der Waals surface area contributed by atoms with Crippen molar-refractivity contribution in [2.75, 3.05) is 7.11 Å². The first-order valence-electron chi connectivity index (χ1n) is 8.08. The summed E-state index contributed by atoms with van der Waals surface area (Å²) in [5.74, 6) is 0.582. The average molecular weight is 342 g/mol. The lowest BCUT2D eigenvalue weighted by Gasteiger charge is -2.20. The van der Waals surface area contributed by atoms with Crippen LogP contribution in [0.5, 0.6) is 5.75 Å². The zero-order valence-corrected chi connectivity index (χ0v) is 14.9. The fraction of sp³-hybridized carbons (Fsp3) is 0.389. The summed E-state index contributed by atoms with van der Waals surface area (Å²) in [6, 6.07) is 7.53. The van der Waals surface area contributed by atoms with Crippen molar-refractivity contribution in [2.45, 2.75) is 32.4 Å². The summed E-state index contributed by atoms with van der Waals surface area (Å²) in [5.41, 5.74) is 2.66. The van der Waals surface area contributed by atoms with Crippen LogP contribution in [0.25, 0.3) is 0 Å². The largest absolute Gasteiger partial charge is 0.497 e. The molecule has 0 saturated heterocycles. The number of aromatic nitrogens is 2. The van der Waals surface area contributed by atoms with Crippen molar-refractivity contribution >= 4 is 11.6 Å². The molecule has 0 radical (unpaired) electrons. The van der Waals surface area contributed by atoms with Gasteiger partial charge in [-0.25, -0.2) is 0 Å². The summed E-state index contributed by atoms with van der Waals surface area (Å²) < 4.78 is 6.93. The van der Waals surface area contributed by atoms with Gasteiger partial charge in [0.1, 0.15) is 5.75 Å². The van der Waals surface area contributed by atoms with Crippen molar-refractivity contribution in [1.29, 1.82) is 0 Å². The highest BCUT2D eigenvalue weighted by molar-refractivity contribution is 6.05. The van der Waals surface area contributed by atoms with Crippen molar-refractivity contribution in [1.82, 2.24) is 15.1 Å². The molecular formula is C18H22N4O3. The lowest BCUT2D eigenvalue weighted by Crippen LogP contribution is -2.44. The van der Waals surface area contributed by atoms with E-state index in [2.05, 4.69) is 15.6 Å². The first-order valence-corrected chi connectivity index (χ1v) is 8.08. The molecule has 1 amide bonds. The molecule has 132 valence electrons. The Bertz CT molecular complexity index is 810. The maximum absolute atomic E-state index is 12.6. The molecule has 0 fully saturated rings. The number of oxime groups is 1. The topological polar surface area (TPSA) is 77.7 Å². The molecule has 1 aliphatic rings. The molecule has 0 bridgehead atoms. The first kappa shape index (κ1) is 17.0. The molecule has 1 aliphatic heterocycles. The maximum atomic E-state index is 12.6. The van der Waals surface area contributed by atoms with Crippen LogP contribution in [-0.4, -0.2) is 34.1 Å². The number of amides is 1. The minimum atomic E-state index is -1.01. The van der Waals surface area contributed by atoms with Gasteiger partial charge >= 0.3 is 0 Å². The molecular weight excluding hydrogens is 320 g/mol. The fourth-order valence-electron chi connectivity index (χ4n) is 2.68. The third kappa shape index (κ3) is 3.35. The number of benzene rings is 1. The predicted octanol–water partition coefficient (Wildman–Crippen LogP) is 1.94. The van der Waals surface area contributed by atoms with Gasteiger partial charge in [0.15, 0.2) is 0 Å². The molecule has 0 spiro atoms. The maximum Gasteiger partial charge on any atom is 0.267 e. The van der Waals surface area contributed by atoms with E-state index in [0.29, 0.717) is 13.0 Å². The SMILES string of the molecule is COc1ccc(C2=NO[C@@](C)(C(=O)NCc3cnn(C)c3C)C2)cc1. The van der Waals surface area contributed by atoms with Crippen LogP contribution < -0.4 is 10.1 Å². The van der Waals surface area contributed by atoms with E-state index in [0.717, 1.165) is 28.3 Å². The molecule has 0 aliphatic carbocycles. The van der Waals surface area contributed by atoms with Crippen molar-refractivity contribution in [2.24, 2.45) is 12.2 Å². The molecule has 0 saturated carbocycles. The van der Waals surface area contributed by atoms with Gasteiger partial charge in [0.05, 0.1) is 19.0 Å². The van der Waals surface area contributed by atoms with Gasteiger partial charge < -0.3 is 14.9 Å². The third-order valence-electron chi connectivity index (χ3n) is 4.54. The highest BCUT2D eigenvalue weighted by Crippen LogP contribution is 2.27. The summed E-state index contributed by atoms with van der Waals surface area (Å²) >= 11 is 0. The third-order valence-corrected chi connectivity index (χ3v) is 4.54. The Morgan fingerprint density at radius 1 is 1.40 bits per heavy atom. The smallest absolute Gasteiger partial charge is 0.267 e. The Hall–Kier alpha value is -2.83. The van der Waals surface area contributed by atoms with E-state index in [1.165, 1.54) is 0 Å². The van der Waals surface area contributed by atoms with Gasteiger partial charge in [0, 0.05) is 31.3 Å². The van der Waals surface area contributed by atoms with Crippen LogP contribution in [0, 0.1) is 6.92 Å². The van der Waals surface area contributed by atoms with E-state index < -0.39 is 5.60 Å². The molecule has 7 heteroatoms. The Kier molecular flexibility index (Phi) is 4.48. The van der Waals surface area contributed by atoms with Gasteiger partial charge in [-0.3, -0.25) is 9.48 Å². The molecule has 25 heavy (non-hydrogen) atoms. The molecule has 2 heterocycles. The average Bonchev–Trinajstić information content (AvgIpc) is 3.18. The normalized spacial score (nSPS) is 19.3. The van der Waals surface area contributed by atoms with Gasteiger partial charge in [-0.15, -0.1) is 0 Å². The van der Waals surface area contributed by atoms with Gasteiger partial charge in [0.25, 0.3) is 5.91 Å². The van der Waals surface area contributed by atoms with Gasteiger partial charge in [0.2, 0.25) is 5.60 Å². The highest BCUT2D eigenvalue weighted by Gasteiger charge is 2.42. The van der Waals surface area contributed by atoms with Crippen molar-refractivity contribution in [3.8, 4) is 5.75 Å². The molecule has 0 unspecified atom stereocenters. The molecule has 3 rings (SSSR count). The number of rotatable bonds is 5.